The minimum absolute atomic E-state index is 0.118. The van der Waals surface area contributed by atoms with Crippen molar-refractivity contribution < 1.29 is 9.50 Å². The molecule has 0 saturated carbocycles. The number of aliphatic hydroxyl groups excluding tert-OH is 1. The highest BCUT2D eigenvalue weighted by atomic mass is 19.1. The van der Waals surface area contributed by atoms with Gasteiger partial charge in [-0.1, -0.05) is 13.8 Å². The number of hydrogen-bond acceptors (Lipinski definition) is 4. The van der Waals surface area contributed by atoms with Gasteiger partial charge in [-0.15, -0.1) is 0 Å². The molecule has 0 fully saturated rings. The van der Waals surface area contributed by atoms with E-state index in [0.717, 1.165) is 12.8 Å². The third-order valence-electron chi connectivity index (χ3n) is 4.12. The second-order valence-corrected chi connectivity index (χ2v) is 5.23. The van der Waals surface area contributed by atoms with Gasteiger partial charge in [-0.3, -0.25) is 0 Å². The molecule has 1 heterocycles. The Kier molecular flexibility index (Phi) is 4.90. The Bertz CT molecular complexity index is 559. The molecule has 1 aromatic heterocycles. The van der Waals surface area contributed by atoms with Crippen LogP contribution < -0.4 is 5.32 Å². The number of benzene rings is 1. The van der Waals surface area contributed by atoms with Crippen molar-refractivity contribution in [1.82, 2.24) is 14.8 Å². The van der Waals surface area contributed by atoms with Crippen molar-refractivity contribution in [3.63, 3.8) is 0 Å². The molecule has 0 aliphatic rings. The van der Waals surface area contributed by atoms with Crippen LogP contribution >= 0.6 is 0 Å². The smallest absolute Gasteiger partial charge is 0.150 e. The molecule has 0 aliphatic carbocycles. The number of nitrogens with one attached hydrogen (secondary N) is 1. The van der Waals surface area contributed by atoms with E-state index in [-0.39, 0.29) is 17.8 Å². The maximum atomic E-state index is 14.1. The van der Waals surface area contributed by atoms with Gasteiger partial charge in [0.05, 0.1) is 6.61 Å². The molecule has 21 heavy (non-hydrogen) atoms. The van der Waals surface area contributed by atoms with E-state index in [9.17, 15) is 9.50 Å². The lowest BCUT2D eigenvalue weighted by Gasteiger charge is -2.30. The van der Waals surface area contributed by atoms with Crippen LogP contribution in [0.15, 0.2) is 30.9 Å². The first-order chi connectivity index (χ1) is 10.1. The fraction of sp³-hybridized carbons (Fsp3) is 0.467. The minimum Gasteiger partial charge on any atom is -0.396 e. The van der Waals surface area contributed by atoms with Crippen LogP contribution in [0, 0.1) is 11.2 Å². The second-order valence-electron chi connectivity index (χ2n) is 5.23. The van der Waals surface area contributed by atoms with Crippen molar-refractivity contribution >= 4 is 5.69 Å². The van der Waals surface area contributed by atoms with Crippen LogP contribution in [-0.2, 0) is 0 Å². The van der Waals surface area contributed by atoms with Gasteiger partial charge in [0.2, 0.25) is 0 Å². The fourth-order valence-corrected chi connectivity index (χ4v) is 2.20. The summed E-state index contributed by atoms with van der Waals surface area (Å²) in [6.45, 7) is 4.83. The molecule has 0 saturated heterocycles. The number of anilines is 1. The molecular formula is C15H21FN4O. The molecule has 114 valence electrons. The SMILES string of the molecule is CCC(CC)(CO)CNc1ccc(-n2cncn2)c(F)c1. The number of aliphatic hydroxyl groups is 1. The van der Waals surface area contributed by atoms with Gasteiger partial charge in [-0.05, 0) is 31.0 Å². The van der Waals surface area contributed by atoms with E-state index in [1.165, 1.54) is 23.4 Å². The quantitative estimate of drug-likeness (QED) is 0.823. The third-order valence-corrected chi connectivity index (χ3v) is 4.12. The molecule has 6 heteroatoms. The molecule has 0 spiro atoms. The van der Waals surface area contributed by atoms with E-state index in [1.54, 1.807) is 12.1 Å². The molecule has 0 radical (unpaired) electrons. The Balaban J connectivity index is 2.11. The van der Waals surface area contributed by atoms with Gasteiger partial charge in [0.15, 0.2) is 5.82 Å². The van der Waals surface area contributed by atoms with Crippen molar-refractivity contribution in [3.05, 3.63) is 36.7 Å². The van der Waals surface area contributed by atoms with Crippen molar-refractivity contribution in [1.29, 1.82) is 0 Å². The summed E-state index contributed by atoms with van der Waals surface area (Å²) in [5.41, 5.74) is 0.884. The van der Waals surface area contributed by atoms with Gasteiger partial charge in [-0.25, -0.2) is 14.1 Å². The predicted octanol–water partition coefficient (Wildman–Crippen LogP) is 2.62. The number of aromatic nitrogens is 3. The van der Waals surface area contributed by atoms with E-state index in [2.05, 4.69) is 29.2 Å². The summed E-state index contributed by atoms with van der Waals surface area (Å²) in [5, 5.41) is 16.7. The summed E-state index contributed by atoms with van der Waals surface area (Å²) in [6.07, 6.45) is 4.55. The Morgan fingerprint density at radius 2 is 2.10 bits per heavy atom. The largest absolute Gasteiger partial charge is 0.396 e. The summed E-state index contributed by atoms with van der Waals surface area (Å²) >= 11 is 0. The van der Waals surface area contributed by atoms with E-state index < -0.39 is 0 Å². The van der Waals surface area contributed by atoms with Crippen LogP contribution in [0.25, 0.3) is 5.69 Å². The van der Waals surface area contributed by atoms with Gasteiger partial charge >= 0.3 is 0 Å². The monoisotopic (exact) mass is 292 g/mol. The zero-order valence-corrected chi connectivity index (χ0v) is 12.4. The minimum atomic E-state index is -0.368. The van der Waals surface area contributed by atoms with Gasteiger partial charge in [-0.2, -0.15) is 5.10 Å². The zero-order valence-electron chi connectivity index (χ0n) is 12.4. The van der Waals surface area contributed by atoms with Crippen molar-refractivity contribution in [2.45, 2.75) is 26.7 Å². The summed E-state index contributed by atoms with van der Waals surface area (Å²) in [7, 11) is 0. The number of rotatable bonds is 7. The molecule has 0 unspecified atom stereocenters. The molecule has 0 atom stereocenters. The second kappa shape index (κ2) is 6.67. The Morgan fingerprint density at radius 1 is 1.33 bits per heavy atom. The van der Waals surface area contributed by atoms with Gasteiger partial charge in [0, 0.05) is 17.6 Å². The summed E-state index contributed by atoms with van der Waals surface area (Å²) in [6, 6.07) is 4.89. The molecule has 2 aromatic rings. The molecule has 5 nitrogen and oxygen atoms in total. The molecule has 0 amide bonds. The van der Waals surface area contributed by atoms with Crippen molar-refractivity contribution in [2.75, 3.05) is 18.5 Å². The van der Waals surface area contributed by atoms with Crippen LogP contribution in [0.4, 0.5) is 10.1 Å². The highest BCUT2D eigenvalue weighted by Crippen LogP contribution is 2.26. The molecule has 2 rings (SSSR count). The first-order valence-corrected chi connectivity index (χ1v) is 7.13. The zero-order chi connectivity index (χ0) is 15.3. The normalized spacial score (nSPS) is 11.6. The predicted molar refractivity (Wildman–Crippen MR) is 79.9 cm³/mol. The first kappa shape index (κ1) is 15.4. The Hall–Kier alpha value is -1.95. The number of hydrogen-bond donors (Lipinski definition) is 2. The maximum absolute atomic E-state index is 14.1. The summed E-state index contributed by atoms with van der Waals surface area (Å²) in [4.78, 5) is 3.81. The summed E-state index contributed by atoms with van der Waals surface area (Å²) in [5.74, 6) is -0.368. The maximum Gasteiger partial charge on any atom is 0.150 e. The van der Waals surface area contributed by atoms with Crippen LogP contribution in [0.1, 0.15) is 26.7 Å². The standard InChI is InChI=1S/C15H21FN4O/c1-3-15(4-2,9-21)8-18-12-5-6-14(13(16)7-12)20-11-17-10-19-20/h5-7,10-11,18,21H,3-4,8-9H2,1-2H3. The molecular weight excluding hydrogens is 271 g/mol. The Morgan fingerprint density at radius 3 is 2.62 bits per heavy atom. The molecule has 2 N–H and O–H groups in total. The van der Waals surface area contributed by atoms with Gasteiger partial charge in [0.1, 0.15) is 18.3 Å². The number of halogens is 1. The third kappa shape index (κ3) is 3.39. The van der Waals surface area contributed by atoms with E-state index in [1.807, 2.05) is 0 Å². The van der Waals surface area contributed by atoms with E-state index in [4.69, 9.17) is 0 Å². The van der Waals surface area contributed by atoms with Gasteiger partial charge in [0.25, 0.3) is 0 Å². The molecule has 1 aromatic carbocycles. The van der Waals surface area contributed by atoms with Crippen molar-refractivity contribution in [3.8, 4) is 5.69 Å². The van der Waals surface area contributed by atoms with Gasteiger partial charge < -0.3 is 10.4 Å². The lowest BCUT2D eigenvalue weighted by Crippen LogP contribution is -2.32. The van der Waals surface area contributed by atoms with Crippen molar-refractivity contribution in [2.24, 2.45) is 5.41 Å². The highest BCUT2D eigenvalue weighted by Gasteiger charge is 2.24. The average molecular weight is 292 g/mol. The van der Waals surface area contributed by atoms with Crippen LogP contribution in [0.2, 0.25) is 0 Å². The number of nitrogens with zero attached hydrogens (tertiary/aromatic N) is 3. The van der Waals surface area contributed by atoms with E-state index >= 15 is 0 Å². The first-order valence-electron chi connectivity index (χ1n) is 7.13. The lowest BCUT2D eigenvalue weighted by atomic mass is 9.83. The molecule has 0 aliphatic heterocycles. The lowest BCUT2D eigenvalue weighted by molar-refractivity contribution is 0.127. The van der Waals surface area contributed by atoms with Crippen LogP contribution in [0.5, 0.6) is 0 Å². The molecule has 0 bridgehead atoms. The van der Waals surface area contributed by atoms with E-state index in [0.29, 0.717) is 17.9 Å². The van der Waals surface area contributed by atoms with Crippen LogP contribution in [-0.4, -0.2) is 33.0 Å². The van der Waals surface area contributed by atoms with Crippen LogP contribution in [0.3, 0.4) is 0 Å². The highest BCUT2D eigenvalue weighted by molar-refractivity contribution is 5.49. The average Bonchev–Trinajstić information content (AvgIpc) is 3.03. The Labute approximate surface area is 123 Å². The summed E-state index contributed by atoms with van der Waals surface area (Å²) < 4.78 is 15.5. The topological polar surface area (TPSA) is 63.0 Å². The fourth-order valence-electron chi connectivity index (χ4n) is 2.20.